The molecule has 3 aromatic heterocycles. The highest BCUT2D eigenvalue weighted by Gasteiger charge is 2.30. The Hall–Kier alpha value is -4.14. The van der Waals surface area contributed by atoms with Gasteiger partial charge in [0.2, 0.25) is 5.91 Å². The Morgan fingerprint density at radius 1 is 1.03 bits per heavy atom. The lowest BCUT2D eigenvalue weighted by atomic mass is 10.1. The van der Waals surface area contributed by atoms with E-state index >= 15 is 0 Å². The molecule has 0 aliphatic heterocycles. The summed E-state index contributed by atoms with van der Waals surface area (Å²) in [5.74, 6) is -0.197. The van der Waals surface area contributed by atoms with Crippen LogP contribution in [0.2, 0.25) is 0 Å². The van der Waals surface area contributed by atoms with Gasteiger partial charge in [0.25, 0.3) is 0 Å². The molecular formula is C24H18F3N5O. The number of anilines is 1. The zero-order valence-electron chi connectivity index (χ0n) is 17.5. The van der Waals surface area contributed by atoms with Crippen molar-refractivity contribution in [1.82, 2.24) is 19.3 Å². The average Bonchev–Trinajstić information content (AvgIpc) is 3.28. The Labute approximate surface area is 186 Å². The number of pyridine rings is 1. The minimum Gasteiger partial charge on any atom is -0.326 e. The van der Waals surface area contributed by atoms with Crippen molar-refractivity contribution in [1.29, 1.82) is 0 Å². The van der Waals surface area contributed by atoms with Crippen molar-refractivity contribution in [3.05, 3.63) is 84.3 Å². The standard InChI is InChI=1S/C24H18F3N5O/c1-31-14-20-19-12-17(29-22(33)13-16-4-2-3-11-28-16)7-10-21(19)32(23(20)30-31)18-8-5-15(6-9-18)24(25,26)27/h2-12,14H,13H2,1H3,(H,29,33). The Bertz CT molecular complexity index is 1470. The van der Waals surface area contributed by atoms with E-state index < -0.39 is 11.7 Å². The van der Waals surface area contributed by atoms with Gasteiger partial charge in [0.15, 0.2) is 5.65 Å². The molecule has 0 aliphatic rings. The summed E-state index contributed by atoms with van der Waals surface area (Å²) in [5, 5.41) is 9.05. The minimum absolute atomic E-state index is 0.147. The highest BCUT2D eigenvalue weighted by molar-refractivity contribution is 6.09. The summed E-state index contributed by atoms with van der Waals surface area (Å²) in [6.45, 7) is 0. The van der Waals surface area contributed by atoms with Gasteiger partial charge in [-0.3, -0.25) is 19.0 Å². The zero-order valence-corrected chi connectivity index (χ0v) is 17.5. The third-order valence-corrected chi connectivity index (χ3v) is 5.35. The number of nitrogens with one attached hydrogen (secondary N) is 1. The maximum Gasteiger partial charge on any atom is 0.416 e. The van der Waals surface area contributed by atoms with Gasteiger partial charge in [-0.05, 0) is 54.6 Å². The number of halogens is 3. The van der Waals surface area contributed by atoms with E-state index in [-0.39, 0.29) is 12.3 Å². The third-order valence-electron chi connectivity index (χ3n) is 5.35. The molecule has 0 radical (unpaired) electrons. The molecule has 33 heavy (non-hydrogen) atoms. The lowest BCUT2D eigenvalue weighted by molar-refractivity contribution is -0.137. The highest BCUT2D eigenvalue weighted by Crippen LogP contribution is 2.34. The molecule has 0 spiro atoms. The van der Waals surface area contributed by atoms with Gasteiger partial charge in [0, 0.05) is 47.3 Å². The van der Waals surface area contributed by atoms with Crippen LogP contribution in [0.3, 0.4) is 0 Å². The van der Waals surface area contributed by atoms with E-state index in [2.05, 4.69) is 15.4 Å². The predicted molar refractivity (Wildman–Crippen MR) is 119 cm³/mol. The molecule has 0 atom stereocenters. The summed E-state index contributed by atoms with van der Waals surface area (Å²) >= 11 is 0. The molecule has 1 amide bonds. The van der Waals surface area contributed by atoms with Gasteiger partial charge in [-0.15, -0.1) is 0 Å². The van der Waals surface area contributed by atoms with Gasteiger partial charge in [0.1, 0.15) is 0 Å². The van der Waals surface area contributed by atoms with Crippen molar-refractivity contribution in [3.63, 3.8) is 0 Å². The Kier molecular flexibility index (Phi) is 4.88. The van der Waals surface area contributed by atoms with Crippen LogP contribution in [0.4, 0.5) is 18.9 Å². The van der Waals surface area contributed by atoms with Crippen molar-refractivity contribution in [2.75, 3.05) is 5.32 Å². The maximum atomic E-state index is 13.0. The predicted octanol–water partition coefficient (Wildman–Crippen LogP) is 5.11. The first kappa shape index (κ1) is 20.7. The lowest BCUT2D eigenvalue weighted by Crippen LogP contribution is -2.15. The number of rotatable bonds is 4. The van der Waals surface area contributed by atoms with Crippen molar-refractivity contribution in [2.24, 2.45) is 7.05 Å². The number of hydrogen-bond acceptors (Lipinski definition) is 3. The fourth-order valence-electron chi connectivity index (χ4n) is 3.90. The second-order valence-electron chi connectivity index (χ2n) is 7.70. The number of amides is 1. The summed E-state index contributed by atoms with van der Waals surface area (Å²) < 4.78 is 42.4. The Morgan fingerprint density at radius 3 is 2.52 bits per heavy atom. The van der Waals surface area contributed by atoms with E-state index in [1.165, 1.54) is 12.1 Å². The summed E-state index contributed by atoms with van der Waals surface area (Å²) in [5.41, 5.74) is 2.52. The summed E-state index contributed by atoms with van der Waals surface area (Å²) in [6.07, 6.45) is -0.775. The first-order chi connectivity index (χ1) is 15.8. The largest absolute Gasteiger partial charge is 0.416 e. The van der Waals surface area contributed by atoms with E-state index in [9.17, 15) is 18.0 Å². The van der Waals surface area contributed by atoms with Crippen LogP contribution in [0.1, 0.15) is 11.3 Å². The van der Waals surface area contributed by atoms with E-state index in [0.717, 1.165) is 28.4 Å². The second kappa shape index (κ2) is 7.77. The number of aromatic nitrogens is 4. The Morgan fingerprint density at radius 2 is 1.82 bits per heavy atom. The molecular weight excluding hydrogens is 431 g/mol. The normalized spacial score (nSPS) is 11.9. The van der Waals surface area contributed by atoms with Gasteiger partial charge >= 0.3 is 6.18 Å². The summed E-state index contributed by atoms with van der Waals surface area (Å²) in [6, 6.07) is 15.8. The molecule has 1 N–H and O–H groups in total. The SMILES string of the molecule is Cn1cc2c3cc(NC(=O)Cc4ccccn4)ccc3n(-c3ccc(C(F)(F)F)cc3)c2n1. The quantitative estimate of drug-likeness (QED) is 0.415. The molecule has 0 fully saturated rings. The molecule has 9 heteroatoms. The van der Waals surface area contributed by atoms with Crippen molar-refractivity contribution in [2.45, 2.75) is 12.6 Å². The molecule has 3 heterocycles. The molecule has 0 saturated carbocycles. The molecule has 0 bridgehead atoms. The van der Waals surface area contributed by atoms with Crippen LogP contribution in [0, 0.1) is 0 Å². The fourth-order valence-corrected chi connectivity index (χ4v) is 3.90. The van der Waals surface area contributed by atoms with E-state index in [1.54, 1.807) is 36.1 Å². The molecule has 5 rings (SSSR count). The molecule has 2 aromatic carbocycles. The smallest absolute Gasteiger partial charge is 0.326 e. The van der Waals surface area contributed by atoms with Gasteiger partial charge in [-0.25, -0.2) is 0 Å². The first-order valence-corrected chi connectivity index (χ1v) is 10.1. The fraction of sp³-hybridized carbons (Fsp3) is 0.125. The van der Waals surface area contributed by atoms with Crippen molar-refractivity contribution in [3.8, 4) is 5.69 Å². The Balaban J connectivity index is 1.53. The monoisotopic (exact) mass is 449 g/mol. The average molecular weight is 449 g/mol. The number of nitrogens with zero attached hydrogens (tertiary/aromatic N) is 4. The third kappa shape index (κ3) is 3.93. The van der Waals surface area contributed by atoms with E-state index in [1.807, 2.05) is 29.0 Å². The number of alkyl halides is 3. The topological polar surface area (TPSA) is 64.7 Å². The molecule has 0 saturated heterocycles. The van der Waals surface area contributed by atoms with Gasteiger partial charge in [-0.1, -0.05) is 6.07 Å². The lowest BCUT2D eigenvalue weighted by Gasteiger charge is -2.10. The van der Waals surface area contributed by atoms with Crippen LogP contribution in [-0.2, 0) is 24.4 Å². The van der Waals surface area contributed by atoms with Crippen molar-refractivity contribution < 1.29 is 18.0 Å². The molecule has 0 unspecified atom stereocenters. The van der Waals surface area contributed by atoms with Gasteiger partial charge < -0.3 is 5.32 Å². The van der Waals surface area contributed by atoms with E-state index in [4.69, 9.17) is 0 Å². The number of benzene rings is 2. The first-order valence-electron chi connectivity index (χ1n) is 10.1. The number of aryl methyl sites for hydroxylation is 1. The number of carbonyl (C=O) groups excluding carboxylic acids is 1. The molecule has 6 nitrogen and oxygen atoms in total. The van der Waals surface area contributed by atoms with Crippen LogP contribution < -0.4 is 5.32 Å². The molecule has 0 aliphatic carbocycles. The minimum atomic E-state index is -4.40. The van der Waals surface area contributed by atoms with Crippen LogP contribution in [-0.4, -0.2) is 25.2 Å². The molecule has 166 valence electrons. The second-order valence-corrected chi connectivity index (χ2v) is 7.70. The van der Waals surface area contributed by atoms with Gasteiger partial charge in [0.05, 0.1) is 17.5 Å². The van der Waals surface area contributed by atoms with Crippen LogP contribution in [0.15, 0.2) is 73.1 Å². The van der Waals surface area contributed by atoms with Gasteiger partial charge in [-0.2, -0.15) is 18.3 Å². The van der Waals surface area contributed by atoms with Crippen molar-refractivity contribution >= 4 is 33.5 Å². The summed E-state index contributed by atoms with van der Waals surface area (Å²) in [7, 11) is 1.78. The molecule has 5 aromatic rings. The summed E-state index contributed by atoms with van der Waals surface area (Å²) in [4.78, 5) is 16.6. The number of carbonyl (C=O) groups is 1. The zero-order chi connectivity index (χ0) is 23.2. The van der Waals surface area contributed by atoms with Crippen LogP contribution in [0.25, 0.3) is 27.6 Å². The van der Waals surface area contributed by atoms with E-state index in [0.29, 0.717) is 22.7 Å². The number of hydrogen-bond donors (Lipinski definition) is 1. The number of fused-ring (bicyclic) bond motifs is 3. The van der Waals surface area contributed by atoms with Crippen LogP contribution in [0.5, 0.6) is 0 Å². The van der Waals surface area contributed by atoms with Crippen LogP contribution >= 0.6 is 0 Å². The maximum absolute atomic E-state index is 13.0. The highest BCUT2D eigenvalue weighted by atomic mass is 19.4.